The van der Waals surface area contributed by atoms with E-state index in [1.807, 2.05) is 68.6 Å². The van der Waals surface area contributed by atoms with Crippen molar-refractivity contribution in [1.29, 1.82) is 0 Å². The number of hydrogen-bond donors (Lipinski definition) is 2. The molecule has 0 unspecified atom stereocenters. The zero-order valence-corrected chi connectivity index (χ0v) is 17.3. The van der Waals surface area contributed by atoms with E-state index in [1.54, 1.807) is 4.68 Å². The first-order valence-corrected chi connectivity index (χ1v) is 10.0. The maximum atomic E-state index is 13.2. The Labute approximate surface area is 180 Å². The molecule has 1 fully saturated rings. The number of nitrogens with one attached hydrogen (secondary N) is 2. The molecular weight excluding hydrogens is 393 g/mol. The molecule has 0 aromatic heterocycles. The second-order valence-electron chi connectivity index (χ2n) is 7.68. The summed E-state index contributed by atoms with van der Waals surface area (Å²) in [4.78, 5) is 25.6. The minimum Gasteiger partial charge on any atom is -0.334 e. The Morgan fingerprint density at radius 3 is 2.35 bits per heavy atom. The fraction of sp³-hybridized carbons (Fsp3) is 0.160. The lowest BCUT2D eigenvalue weighted by Gasteiger charge is -2.15. The van der Waals surface area contributed by atoms with Crippen LogP contribution in [0.15, 0.2) is 72.8 Å². The van der Waals surface area contributed by atoms with Crippen LogP contribution < -0.4 is 10.7 Å². The molecule has 4 rings (SSSR count). The average Bonchev–Trinajstić information content (AvgIpc) is 3.05. The predicted molar refractivity (Wildman–Crippen MR) is 116 cm³/mol. The van der Waals surface area contributed by atoms with E-state index in [2.05, 4.69) is 10.7 Å². The van der Waals surface area contributed by atoms with E-state index < -0.39 is 23.8 Å². The van der Waals surface area contributed by atoms with Crippen molar-refractivity contribution in [2.24, 2.45) is 0 Å². The predicted octanol–water partition coefficient (Wildman–Crippen LogP) is 3.46. The van der Waals surface area contributed by atoms with Gasteiger partial charge in [-0.25, -0.2) is 4.39 Å². The molecule has 0 bridgehead atoms. The first-order chi connectivity index (χ1) is 14.9. The van der Waals surface area contributed by atoms with Crippen LogP contribution in [0.25, 0.3) is 0 Å². The lowest BCUT2D eigenvalue weighted by Crippen LogP contribution is -2.42. The van der Waals surface area contributed by atoms with Gasteiger partial charge in [0.25, 0.3) is 5.91 Å². The Morgan fingerprint density at radius 2 is 1.68 bits per heavy atom. The highest BCUT2D eigenvalue weighted by Crippen LogP contribution is 2.26. The monoisotopic (exact) mass is 416 g/mol. The summed E-state index contributed by atoms with van der Waals surface area (Å²) in [5.74, 6) is -1.17. The highest BCUT2D eigenvalue weighted by atomic mass is 19.1. The van der Waals surface area contributed by atoms with Crippen molar-refractivity contribution in [3.8, 4) is 0 Å². The first kappa shape index (κ1) is 20.5. The van der Waals surface area contributed by atoms with Gasteiger partial charge in [0.2, 0.25) is 12.3 Å². The van der Waals surface area contributed by atoms with Crippen LogP contribution in [-0.2, 0) is 4.79 Å². The summed E-state index contributed by atoms with van der Waals surface area (Å²) in [7, 11) is 0. The number of carbonyl (C=O) groups is 2. The third-order valence-electron chi connectivity index (χ3n) is 5.42. The molecule has 2 atom stereocenters. The summed E-state index contributed by atoms with van der Waals surface area (Å²) in [6.45, 7) is 3.99. The summed E-state index contributed by atoms with van der Waals surface area (Å²) in [6.07, 6.45) is 1.88. The molecule has 0 radical (unpaired) electrons. The van der Waals surface area contributed by atoms with Gasteiger partial charge in [0.05, 0.1) is 0 Å². The van der Waals surface area contributed by atoms with E-state index in [1.165, 1.54) is 24.3 Å². The largest absolute Gasteiger partial charge is 0.334 e. The molecule has 1 saturated heterocycles. The normalized spacial score (nSPS) is 19.3. The van der Waals surface area contributed by atoms with Crippen LogP contribution >= 0.6 is 0 Å². The van der Waals surface area contributed by atoms with Gasteiger partial charge in [0.15, 0.2) is 6.04 Å². The van der Waals surface area contributed by atoms with Gasteiger partial charge in [-0.3, -0.25) is 9.59 Å². The molecule has 1 aliphatic heterocycles. The molecule has 0 saturated carbocycles. The number of carbonyl (C=O) groups excluding carboxylic acids is 2. The highest BCUT2D eigenvalue weighted by molar-refractivity contribution is 5.98. The zero-order valence-electron chi connectivity index (χ0n) is 17.3. The van der Waals surface area contributed by atoms with Crippen molar-refractivity contribution >= 4 is 18.0 Å². The summed E-state index contributed by atoms with van der Waals surface area (Å²) in [5, 5.41) is 2.82. The van der Waals surface area contributed by atoms with Gasteiger partial charge in [-0.05, 0) is 49.7 Å². The van der Waals surface area contributed by atoms with E-state index in [0.29, 0.717) is 0 Å². The van der Waals surface area contributed by atoms with E-state index in [4.69, 9.17) is 0 Å². The standard InChI is InChI=1S/C25H22FN3O2/c1-16-7-9-18(10-8-16)23-22(27-24(30)19-11-13-21(26)14-12-19)25(31)28-29(23)15-20-6-4-3-5-17(20)2/h3-15,22-23H,1-2H3,(H-,27,28,30,31)/p+1/b29-15-/t22-,23-/m1/s1. The molecule has 1 aliphatic rings. The molecule has 3 aromatic carbocycles. The molecule has 3 aromatic rings. The molecule has 1 heterocycles. The Kier molecular flexibility index (Phi) is 5.62. The van der Waals surface area contributed by atoms with Crippen LogP contribution in [-0.4, -0.2) is 28.8 Å². The van der Waals surface area contributed by atoms with Crippen molar-refractivity contribution in [2.45, 2.75) is 25.9 Å². The second-order valence-corrected chi connectivity index (χ2v) is 7.68. The van der Waals surface area contributed by atoms with Crippen molar-refractivity contribution < 1.29 is 18.7 Å². The number of hydrogen-bond acceptors (Lipinski definition) is 2. The maximum Gasteiger partial charge on any atom is 0.304 e. The number of hydrazone groups is 1. The Morgan fingerprint density at radius 1 is 1.00 bits per heavy atom. The van der Waals surface area contributed by atoms with Crippen LogP contribution in [0.2, 0.25) is 0 Å². The van der Waals surface area contributed by atoms with Crippen molar-refractivity contribution in [3.05, 3.63) is 106 Å². The summed E-state index contributed by atoms with van der Waals surface area (Å²) < 4.78 is 15.0. The van der Waals surface area contributed by atoms with Crippen LogP contribution in [0.1, 0.15) is 38.7 Å². The van der Waals surface area contributed by atoms with Crippen LogP contribution in [0.5, 0.6) is 0 Å². The number of halogens is 1. The van der Waals surface area contributed by atoms with Crippen LogP contribution in [0, 0.1) is 19.7 Å². The SMILES string of the molecule is Cc1ccc([C@@H]2[C@@H](NC(=O)c3ccc(F)cc3)C(=O)N/[N+]2=C\c2ccccc2C)cc1. The molecule has 0 spiro atoms. The van der Waals surface area contributed by atoms with E-state index >= 15 is 0 Å². The van der Waals surface area contributed by atoms with Gasteiger partial charge >= 0.3 is 5.91 Å². The van der Waals surface area contributed by atoms with Crippen molar-refractivity contribution in [2.75, 3.05) is 0 Å². The smallest absolute Gasteiger partial charge is 0.304 e. The fourth-order valence-electron chi connectivity index (χ4n) is 3.65. The van der Waals surface area contributed by atoms with Gasteiger partial charge in [-0.2, -0.15) is 0 Å². The van der Waals surface area contributed by atoms with E-state index in [0.717, 1.165) is 22.3 Å². The third kappa shape index (κ3) is 4.38. The van der Waals surface area contributed by atoms with Gasteiger partial charge < -0.3 is 5.32 Å². The quantitative estimate of drug-likeness (QED) is 0.640. The molecule has 156 valence electrons. The number of benzene rings is 3. The number of amides is 2. The topological polar surface area (TPSA) is 61.2 Å². The summed E-state index contributed by atoms with van der Waals surface area (Å²) in [5.41, 5.74) is 7.18. The molecule has 2 N–H and O–H groups in total. The molecule has 2 amide bonds. The molecule has 5 nitrogen and oxygen atoms in total. The third-order valence-corrected chi connectivity index (χ3v) is 5.42. The molecule has 0 aliphatic carbocycles. The zero-order chi connectivity index (χ0) is 22.0. The minimum absolute atomic E-state index is 0.290. The Balaban J connectivity index is 1.71. The maximum absolute atomic E-state index is 13.2. The lowest BCUT2D eigenvalue weighted by atomic mass is 9.98. The number of nitrogens with zero attached hydrogens (tertiary/aromatic N) is 1. The average molecular weight is 416 g/mol. The fourth-order valence-corrected chi connectivity index (χ4v) is 3.65. The van der Waals surface area contributed by atoms with Gasteiger partial charge in [0.1, 0.15) is 5.82 Å². The Hall–Kier alpha value is -3.80. The van der Waals surface area contributed by atoms with Crippen LogP contribution in [0.4, 0.5) is 4.39 Å². The van der Waals surface area contributed by atoms with Crippen LogP contribution in [0.3, 0.4) is 0 Å². The van der Waals surface area contributed by atoms with Gasteiger partial charge in [-0.15, -0.1) is 10.1 Å². The number of rotatable bonds is 4. The van der Waals surface area contributed by atoms with Gasteiger partial charge in [-0.1, -0.05) is 48.0 Å². The summed E-state index contributed by atoms with van der Waals surface area (Å²) >= 11 is 0. The van der Waals surface area contributed by atoms with Gasteiger partial charge in [0, 0.05) is 16.7 Å². The van der Waals surface area contributed by atoms with Crippen molar-refractivity contribution in [3.63, 3.8) is 0 Å². The molecule has 31 heavy (non-hydrogen) atoms. The van der Waals surface area contributed by atoms with E-state index in [-0.39, 0.29) is 11.5 Å². The van der Waals surface area contributed by atoms with E-state index in [9.17, 15) is 14.0 Å². The molecule has 6 heteroatoms. The Bertz CT molecular complexity index is 1150. The number of aryl methyl sites for hydroxylation is 2. The first-order valence-electron chi connectivity index (χ1n) is 10.0. The number of hydrazine groups is 1. The second kappa shape index (κ2) is 8.52. The van der Waals surface area contributed by atoms with Crippen molar-refractivity contribution in [1.82, 2.24) is 10.7 Å². The lowest BCUT2D eigenvalue weighted by molar-refractivity contribution is -0.596. The molecular formula is C25H23FN3O2+. The minimum atomic E-state index is -0.819. The highest BCUT2D eigenvalue weighted by Gasteiger charge is 2.47. The summed E-state index contributed by atoms with van der Waals surface area (Å²) in [6, 6.07) is 19.7.